The van der Waals surface area contributed by atoms with Crippen LogP contribution in [0.25, 0.3) is 0 Å². The highest BCUT2D eigenvalue weighted by atomic mass is 16.6. The third-order valence-corrected chi connectivity index (χ3v) is 13.0. The van der Waals surface area contributed by atoms with Crippen molar-refractivity contribution in [1.82, 2.24) is 30.9 Å². The van der Waals surface area contributed by atoms with Crippen LogP contribution in [0.1, 0.15) is 110 Å². The number of alkyl carbamates (subject to hydrolysis) is 1. The maximum absolute atomic E-state index is 14.5. The van der Waals surface area contributed by atoms with Gasteiger partial charge in [0.1, 0.15) is 37.7 Å². The molecule has 406 valence electrons. The van der Waals surface area contributed by atoms with E-state index in [1.165, 1.54) is 29.8 Å². The van der Waals surface area contributed by atoms with Gasteiger partial charge in [0.05, 0.1) is 18.3 Å². The van der Waals surface area contributed by atoms with Crippen molar-refractivity contribution in [1.29, 1.82) is 0 Å². The standard InChI is InChI=1S/C55H66N6O15/c1-8-23-55(53(68)70-31-40-15-11-9-12-16-40)26-45(72-35(4)62)48(51(76-55)50(75-38(7)65)46(73-36(5)63)28-56-52(67)43-24-33(2)49(34(3)25-43)74-37(6)64)58-47(66)30-61-29-44(59-60-61)42-21-19-39(20-22-42)27-57-54(69)71-32-41-17-13-10-14-18-41/h8-18,24-25,29,39,42,45-46,48,50-51H,1,19-23,26-28,30-32H2,2-7H3,(H,56,67)(H,57,69)(H,58,66)/t39?,42?,45-,46+,48+,50+,51+,55+/m0/s1. The van der Waals surface area contributed by atoms with Gasteiger partial charge in [0.25, 0.3) is 5.91 Å². The summed E-state index contributed by atoms with van der Waals surface area (Å²) in [6.07, 6.45) is -1.32. The van der Waals surface area contributed by atoms with Crippen molar-refractivity contribution in [2.75, 3.05) is 13.1 Å². The Balaban J connectivity index is 1.24. The summed E-state index contributed by atoms with van der Waals surface area (Å²) in [5.74, 6) is -4.86. The second-order valence-corrected chi connectivity index (χ2v) is 19.0. The summed E-state index contributed by atoms with van der Waals surface area (Å²) in [7, 11) is 0. The molecule has 6 atom stereocenters. The first-order valence-electron chi connectivity index (χ1n) is 25.1. The van der Waals surface area contributed by atoms with Crippen molar-refractivity contribution < 1.29 is 71.5 Å². The number of aryl methyl sites for hydroxylation is 2. The molecule has 0 bridgehead atoms. The summed E-state index contributed by atoms with van der Waals surface area (Å²) in [5, 5.41) is 17.0. The molecule has 0 unspecified atom stereocenters. The quantitative estimate of drug-likeness (QED) is 0.0375. The predicted molar refractivity (Wildman–Crippen MR) is 271 cm³/mol. The van der Waals surface area contributed by atoms with Gasteiger partial charge in [0.15, 0.2) is 17.8 Å². The summed E-state index contributed by atoms with van der Waals surface area (Å²) in [6.45, 7) is 11.2. The van der Waals surface area contributed by atoms with Crippen molar-refractivity contribution >= 4 is 47.8 Å². The fraction of sp³-hybridized carbons (Fsp3) is 0.455. The number of esters is 5. The van der Waals surface area contributed by atoms with Gasteiger partial charge in [-0.25, -0.2) is 14.3 Å². The minimum absolute atomic E-state index is 0.0264. The highest BCUT2D eigenvalue weighted by Crippen LogP contribution is 2.39. The lowest BCUT2D eigenvalue weighted by Gasteiger charge is -2.49. The van der Waals surface area contributed by atoms with Crippen LogP contribution in [0.5, 0.6) is 5.75 Å². The normalized spacial score (nSPS) is 20.8. The number of carbonyl (C=O) groups excluding carboxylic acids is 8. The molecule has 3 N–H and O–H groups in total. The van der Waals surface area contributed by atoms with E-state index in [1.54, 1.807) is 50.4 Å². The Morgan fingerprint density at radius 2 is 1.42 bits per heavy atom. The fourth-order valence-corrected chi connectivity index (χ4v) is 9.54. The summed E-state index contributed by atoms with van der Waals surface area (Å²) < 4.78 is 42.2. The molecule has 2 aliphatic rings. The molecule has 76 heavy (non-hydrogen) atoms. The molecule has 1 aromatic heterocycles. The van der Waals surface area contributed by atoms with Crippen LogP contribution in [-0.4, -0.2) is 112 Å². The topological polar surface area (TPSA) is 268 Å². The molecule has 3 aromatic carbocycles. The molecule has 0 radical (unpaired) electrons. The second kappa shape index (κ2) is 27.0. The van der Waals surface area contributed by atoms with Gasteiger partial charge in [-0.1, -0.05) is 72.0 Å². The highest BCUT2D eigenvalue weighted by Gasteiger charge is 2.58. The van der Waals surface area contributed by atoms with E-state index < -0.39 is 103 Å². The Bertz CT molecular complexity index is 2680. The molecule has 2 heterocycles. The Morgan fingerprint density at radius 3 is 2.00 bits per heavy atom. The Hall–Kier alpha value is -7.94. The van der Waals surface area contributed by atoms with E-state index in [9.17, 15) is 38.4 Å². The van der Waals surface area contributed by atoms with E-state index >= 15 is 0 Å². The number of amides is 3. The molecule has 1 aliphatic carbocycles. The van der Waals surface area contributed by atoms with Gasteiger partial charge in [0, 0.05) is 64.8 Å². The van der Waals surface area contributed by atoms with E-state index in [2.05, 4.69) is 32.8 Å². The minimum atomic E-state index is -2.01. The third-order valence-electron chi connectivity index (χ3n) is 13.0. The molecule has 0 spiro atoms. The maximum Gasteiger partial charge on any atom is 0.407 e. The predicted octanol–water partition coefficient (Wildman–Crippen LogP) is 5.58. The van der Waals surface area contributed by atoms with E-state index in [4.69, 9.17) is 33.2 Å². The van der Waals surface area contributed by atoms with Crippen LogP contribution in [-0.2, 0) is 76.9 Å². The molecule has 4 aromatic rings. The summed E-state index contributed by atoms with van der Waals surface area (Å²) in [5.41, 5.74) is 1.29. The number of nitrogens with one attached hydrogen (secondary N) is 3. The lowest BCUT2D eigenvalue weighted by atomic mass is 9.80. The first-order chi connectivity index (χ1) is 36.3. The van der Waals surface area contributed by atoms with Crippen molar-refractivity contribution in [3.05, 3.63) is 125 Å². The van der Waals surface area contributed by atoms with Gasteiger partial charge in [-0.2, -0.15) is 0 Å². The minimum Gasteiger partial charge on any atom is -0.460 e. The molecule has 21 heteroatoms. The molecule has 1 saturated heterocycles. The van der Waals surface area contributed by atoms with Crippen LogP contribution in [0.4, 0.5) is 4.79 Å². The van der Waals surface area contributed by atoms with Crippen LogP contribution in [0.15, 0.2) is 91.6 Å². The number of hydrogen-bond donors (Lipinski definition) is 3. The lowest BCUT2D eigenvalue weighted by molar-refractivity contribution is -0.240. The number of benzene rings is 3. The average molecular weight is 1050 g/mol. The summed E-state index contributed by atoms with van der Waals surface area (Å²) >= 11 is 0. The highest BCUT2D eigenvalue weighted by molar-refractivity contribution is 5.95. The number of carbonyl (C=O) groups is 8. The van der Waals surface area contributed by atoms with E-state index in [0.717, 1.165) is 52.0 Å². The Kier molecular flexibility index (Phi) is 20.4. The maximum atomic E-state index is 14.5. The molecule has 1 aliphatic heterocycles. The van der Waals surface area contributed by atoms with Gasteiger partial charge in [-0.05, 0) is 79.8 Å². The zero-order valence-corrected chi connectivity index (χ0v) is 43.6. The largest absolute Gasteiger partial charge is 0.460 e. The number of hydrogen-bond acceptors (Lipinski definition) is 17. The molecule has 3 amide bonds. The SMILES string of the molecule is C=CC[C@]1(C(=O)OCc2ccccc2)C[C@H](OC(C)=O)[C@@H](NC(=O)Cn2cc(C3CCC(CNC(=O)OCc4ccccc4)CC3)nn2)[C@H]([C@H](OC(C)=O)[C@@H](CNC(=O)c2cc(C)c(OC(C)=O)c(C)c2)OC(C)=O)O1. The van der Waals surface area contributed by atoms with Gasteiger partial charge in [0.2, 0.25) is 5.91 Å². The van der Waals surface area contributed by atoms with E-state index in [0.29, 0.717) is 28.9 Å². The van der Waals surface area contributed by atoms with Crippen LogP contribution >= 0.6 is 0 Å². The van der Waals surface area contributed by atoms with Crippen molar-refractivity contribution in [3.63, 3.8) is 0 Å². The molecule has 1 saturated carbocycles. The van der Waals surface area contributed by atoms with Crippen LogP contribution in [0.2, 0.25) is 0 Å². The van der Waals surface area contributed by atoms with Gasteiger partial charge in [-0.15, -0.1) is 11.7 Å². The zero-order chi connectivity index (χ0) is 54.9. The van der Waals surface area contributed by atoms with Gasteiger partial charge in [-0.3, -0.25) is 28.8 Å². The number of nitrogens with zero attached hydrogens (tertiary/aromatic N) is 3. The van der Waals surface area contributed by atoms with Crippen molar-refractivity contribution in [3.8, 4) is 5.75 Å². The number of ether oxygens (including phenoxy) is 7. The molecule has 2 fully saturated rings. The van der Waals surface area contributed by atoms with Gasteiger partial charge >= 0.3 is 35.9 Å². The third kappa shape index (κ3) is 16.3. The number of aromatic nitrogens is 3. The average Bonchev–Trinajstić information content (AvgIpc) is 3.85. The lowest BCUT2D eigenvalue weighted by Crippen LogP contribution is -2.69. The van der Waals surface area contributed by atoms with Crippen LogP contribution < -0.4 is 20.7 Å². The van der Waals surface area contributed by atoms with E-state index in [-0.39, 0.29) is 42.8 Å². The smallest absolute Gasteiger partial charge is 0.407 e. The molecular weight excluding hydrogens is 985 g/mol. The van der Waals surface area contributed by atoms with Crippen molar-refractivity contribution in [2.24, 2.45) is 5.92 Å². The second-order valence-electron chi connectivity index (χ2n) is 19.0. The first-order valence-corrected chi connectivity index (χ1v) is 25.1. The summed E-state index contributed by atoms with van der Waals surface area (Å²) in [6, 6.07) is 19.8. The zero-order valence-electron chi connectivity index (χ0n) is 43.6. The Labute approximate surface area is 440 Å². The molecular formula is C55H66N6O15. The van der Waals surface area contributed by atoms with Crippen molar-refractivity contribution in [2.45, 2.75) is 142 Å². The molecule has 21 nitrogen and oxygen atoms in total. The summed E-state index contributed by atoms with van der Waals surface area (Å²) in [4.78, 5) is 106. The van der Waals surface area contributed by atoms with E-state index in [1.807, 2.05) is 30.3 Å². The monoisotopic (exact) mass is 1050 g/mol. The molecule has 6 rings (SSSR count). The van der Waals surface area contributed by atoms with Gasteiger partial charge < -0.3 is 49.1 Å². The Morgan fingerprint density at radius 1 is 0.803 bits per heavy atom. The number of rotatable bonds is 22. The van der Waals surface area contributed by atoms with Crippen LogP contribution in [0.3, 0.4) is 0 Å². The van der Waals surface area contributed by atoms with Crippen LogP contribution in [0, 0.1) is 19.8 Å². The first kappa shape index (κ1) is 57.3. The fourth-order valence-electron chi connectivity index (χ4n) is 9.54.